The van der Waals surface area contributed by atoms with E-state index in [1.807, 2.05) is 13.8 Å². The van der Waals surface area contributed by atoms with Crippen molar-refractivity contribution in [3.8, 4) is 0 Å². The number of hydrogen-bond acceptors (Lipinski definition) is 8. The highest BCUT2D eigenvalue weighted by Crippen LogP contribution is 2.46. The van der Waals surface area contributed by atoms with Crippen molar-refractivity contribution >= 4 is 33.4 Å². The molecule has 2 rings (SSSR count). The topological polar surface area (TPSA) is 105 Å². The molecule has 6 atom stereocenters. The van der Waals surface area contributed by atoms with Crippen molar-refractivity contribution < 1.29 is 19.8 Å². The molecule has 6 unspecified atom stereocenters. The van der Waals surface area contributed by atoms with Gasteiger partial charge in [0.1, 0.15) is 0 Å². The highest BCUT2D eigenvalue weighted by Gasteiger charge is 2.46. The van der Waals surface area contributed by atoms with Crippen molar-refractivity contribution in [2.24, 2.45) is 0 Å². The molecule has 2 saturated heterocycles. The second-order valence-corrected chi connectivity index (χ2v) is 8.50. The van der Waals surface area contributed by atoms with Crippen LogP contribution in [0.3, 0.4) is 0 Å². The maximum atomic E-state index is 11.8. The molecule has 2 aliphatic heterocycles. The number of aliphatic hydroxyl groups excluding tert-OH is 2. The average molecular weight is 379 g/mol. The van der Waals surface area contributed by atoms with Gasteiger partial charge in [0.25, 0.3) is 0 Å². The van der Waals surface area contributed by atoms with Crippen LogP contribution in [0.2, 0.25) is 0 Å². The fourth-order valence-electron chi connectivity index (χ4n) is 2.34. The molecule has 0 bridgehead atoms. The van der Waals surface area contributed by atoms with Gasteiger partial charge in [0, 0.05) is 26.2 Å². The van der Waals surface area contributed by atoms with Crippen LogP contribution in [-0.4, -0.2) is 94.1 Å². The molecule has 10 heteroatoms. The Hall–Kier alpha value is -0.520. The van der Waals surface area contributed by atoms with E-state index in [0.29, 0.717) is 10.7 Å². The van der Waals surface area contributed by atoms with Crippen molar-refractivity contribution in [1.82, 2.24) is 20.4 Å². The van der Waals surface area contributed by atoms with Gasteiger partial charge in [-0.3, -0.25) is 19.4 Å². The fraction of sp³-hybridized carbons (Fsp3) is 0.857. The minimum absolute atomic E-state index is 0.0475. The first-order chi connectivity index (χ1) is 11.5. The standard InChI is InChI=1S/C14H26N4O4S2/c1-9(13(21)15-3-5-19)17-7-11(17)23-24-12-8-18(12)10(2)14(22)16-4-6-20/h9-12,19-20H,3-8H2,1-2H3,(H,15,21)(H,16,22). The molecular weight excluding hydrogens is 352 g/mol. The van der Waals surface area contributed by atoms with Crippen LogP contribution in [0.5, 0.6) is 0 Å². The molecular formula is C14H26N4O4S2. The zero-order valence-corrected chi connectivity index (χ0v) is 15.6. The normalized spacial score (nSPS) is 30.3. The van der Waals surface area contributed by atoms with E-state index in [2.05, 4.69) is 20.4 Å². The first kappa shape index (κ1) is 19.8. The van der Waals surface area contributed by atoms with Crippen LogP contribution in [0, 0.1) is 0 Å². The van der Waals surface area contributed by atoms with Crippen LogP contribution < -0.4 is 10.6 Å². The van der Waals surface area contributed by atoms with E-state index >= 15 is 0 Å². The molecule has 4 N–H and O–H groups in total. The summed E-state index contributed by atoms with van der Waals surface area (Å²) in [5.74, 6) is -0.112. The van der Waals surface area contributed by atoms with Gasteiger partial charge in [-0.1, -0.05) is 21.6 Å². The molecule has 8 nitrogen and oxygen atoms in total. The highest BCUT2D eigenvalue weighted by molar-refractivity contribution is 8.77. The Morgan fingerprint density at radius 3 is 1.67 bits per heavy atom. The van der Waals surface area contributed by atoms with Gasteiger partial charge in [-0.05, 0) is 13.8 Å². The van der Waals surface area contributed by atoms with Gasteiger partial charge in [-0.25, -0.2) is 0 Å². The molecule has 0 aliphatic carbocycles. The van der Waals surface area contributed by atoms with Crippen LogP contribution in [-0.2, 0) is 9.59 Å². The van der Waals surface area contributed by atoms with E-state index in [0.717, 1.165) is 13.1 Å². The van der Waals surface area contributed by atoms with Gasteiger partial charge in [-0.2, -0.15) is 0 Å². The number of nitrogens with zero attached hydrogens (tertiary/aromatic N) is 2. The molecule has 2 heterocycles. The lowest BCUT2D eigenvalue weighted by atomic mass is 10.3. The summed E-state index contributed by atoms with van der Waals surface area (Å²) < 4.78 is 0. The minimum Gasteiger partial charge on any atom is -0.395 e. The number of nitrogens with one attached hydrogen (secondary N) is 2. The van der Waals surface area contributed by atoms with E-state index in [1.165, 1.54) is 0 Å². The maximum absolute atomic E-state index is 11.8. The second-order valence-electron chi connectivity index (χ2n) is 5.88. The summed E-state index contributed by atoms with van der Waals surface area (Å²) >= 11 is 0. The summed E-state index contributed by atoms with van der Waals surface area (Å²) in [7, 11) is 3.48. The Labute approximate surface area is 150 Å². The van der Waals surface area contributed by atoms with E-state index < -0.39 is 0 Å². The molecule has 24 heavy (non-hydrogen) atoms. The second kappa shape index (κ2) is 9.25. The predicted octanol–water partition coefficient (Wildman–Crippen LogP) is -1.35. The van der Waals surface area contributed by atoms with Gasteiger partial charge < -0.3 is 20.8 Å². The number of carbonyl (C=O) groups excluding carboxylic acids is 2. The van der Waals surface area contributed by atoms with Crippen LogP contribution in [0.25, 0.3) is 0 Å². The molecule has 0 spiro atoms. The van der Waals surface area contributed by atoms with Crippen molar-refractivity contribution in [1.29, 1.82) is 0 Å². The van der Waals surface area contributed by atoms with Gasteiger partial charge in [0.05, 0.1) is 36.0 Å². The molecule has 2 fully saturated rings. The van der Waals surface area contributed by atoms with Gasteiger partial charge in [0.2, 0.25) is 11.8 Å². The zero-order valence-electron chi connectivity index (χ0n) is 14.0. The summed E-state index contributed by atoms with van der Waals surface area (Å²) in [5, 5.41) is 23.5. The maximum Gasteiger partial charge on any atom is 0.237 e. The van der Waals surface area contributed by atoms with E-state index in [4.69, 9.17) is 10.2 Å². The summed E-state index contributed by atoms with van der Waals surface area (Å²) in [6, 6.07) is -0.374. The van der Waals surface area contributed by atoms with Crippen molar-refractivity contribution in [2.45, 2.75) is 36.7 Å². The molecule has 138 valence electrons. The third kappa shape index (κ3) is 5.50. The first-order valence-corrected chi connectivity index (χ1v) is 10.4. The SMILES string of the molecule is CC(C(=O)NCCO)N1CC1SSC1CN1C(C)C(=O)NCCO. The summed E-state index contributed by atoms with van der Waals surface area (Å²) in [6.07, 6.45) is 0. The predicted molar refractivity (Wildman–Crippen MR) is 95.3 cm³/mol. The fourth-order valence-corrected chi connectivity index (χ4v) is 5.44. The smallest absolute Gasteiger partial charge is 0.237 e. The molecule has 0 aromatic rings. The summed E-state index contributed by atoms with van der Waals surface area (Å²) in [4.78, 5) is 27.9. The lowest BCUT2D eigenvalue weighted by Crippen LogP contribution is -2.39. The monoisotopic (exact) mass is 378 g/mol. The lowest BCUT2D eigenvalue weighted by molar-refractivity contribution is -0.125. The Morgan fingerprint density at radius 1 is 0.958 bits per heavy atom. The molecule has 0 saturated carbocycles. The van der Waals surface area contributed by atoms with E-state index in [1.54, 1.807) is 21.6 Å². The van der Waals surface area contributed by atoms with Crippen molar-refractivity contribution in [3.63, 3.8) is 0 Å². The van der Waals surface area contributed by atoms with E-state index in [-0.39, 0.29) is 50.2 Å². The summed E-state index contributed by atoms with van der Waals surface area (Å²) in [6.45, 7) is 5.98. The van der Waals surface area contributed by atoms with Crippen LogP contribution >= 0.6 is 21.6 Å². The lowest BCUT2D eigenvalue weighted by Gasteiger charge is -2.14. The Morgan fingerprint density at radius 2 is 1.33 bits per heavy atom. The Bertz CT molecular complexity index is 416. The number of aliphatic hydroxyl groups is 2. The summed E-state index contributed by atoms with van der Waals surface area (Å²) in [5.41, 5.74) is 0. The number of rotatable bonds is 11. The molecule has 2 aliphatic rings. The number of amides is 2. The molecule has 0 aromatic heterocycles. The number of carbonyl (C=O) groups is 2. The molecule has 0 radical (unpaired) electrons. The Balaban J connectivity index is 1.61. The number of hydrogen-bond donors (Lipinski definition) is 4. The largest absolute Gasteiger partial charge is 0.395 e. The van der Waals surface area contributed by atoms with Crippen molar-refractivity contribution in [2.75, 3.05) is 39.4 Å². The van der Waals surface area contributed by atoms with Crippen molar-refractivity contribution in [3.05, 3.63) is 0 Å². The quantitative estimate of drug-likeness (QED) is 0.258. The van der Waals surface area contributed by atoms with Crippen LogP contribution in [0.4, 0.5) is 0 Å². The highest BCUT2D eigenvalue weighted by atomic mass is 33.1. The Kier molecular flexibility index (Phi) is 7.63. The van der Waals surface area contributed by atoms with E-state index in [9.17, 15) is 9.59 Å². The minimum atomic E-state index is -0.187. The van der Waals surface area contributed by atoms with Crippen LogP contribution in [0.15, 0.2) is 0 Å². The third-order valence-electron chi connectivity index (χ3n) is 4.06. The third-order valence-corrected chi connectivity index (χ3v) is 7.12. The first-order valence-electron chi connectivity index (χ1n) is 8.10. The van der Waals surface area contributed by atoms with Gasteiger partial charge >= 0.3 is 0 Å². The average Bonchev–Trinajstić information content (AvgIpc) is 3.48. The zero-order chi connectivity index (χ0) is 17.7. The van der Waals surface area contributed by atoms with Gasteiger partial charge in [0.15, 0.2) is 0 Å². The van der Waals surface area contributed by atoms with Gasteiger partial charge in [-0.15, -0.1) is 0 Å². The molecule has 2 amide bonds. The van der Waals surface area contributed by atoms with Crippen LogP contribution in [0.1, 0.15) is 13.8 Å². The molecule has 0 aromatic carbocycles.